The number of methoxy groups -OCH3 is 1. The third-order valence-electron chi connectivity index (χ3n) is 1.53. The van der Waals surface area contributed by atoms with Crippen LogP contribution < -0.4 is 15.4 Å². The Morgan fingerprint density at radius 1 is 1.50 bits per heavy atom. The second-order valence-corrected chi connectivity index (χ2v) is 2.69. The van der Waals surface area contributed by atoms with Crippen LogP contribution in [0.15, 0.2) is 12.3 Å². The minimum absolute atomic E-state index is 0.592. The minimum Gasteiger partial charge on any atom is -0.480 e. The van der Waals surface area contributed by atoms with E-state index in [1.54, 1.807) is 13.3 Å². The van der Waals surface area contributed by atoms with Gasteiger partial charge in [0.25, 0.3) is 0 Å². The topological polar surface area (TPSA) is 51.4 Å². The maximum atomic E-state index is 5.58. The Hall–Kier alpha value is -1.45. The highest BCUT2D eigenvalue weighted by Crippen LogP contribution is 2.25. The number of nitrogens with zero attached hydrogens (tertiary/aromatic N) is 2. The third-order valence-corrected chi connectivity index (χ3v) is 1.53. The molecule has 0 aliphatic rings. The van der Waals surface area contributed by atoms with Crippen LogP contribution in [0.3, 0.4) is 0 Å². The Balaban J connectivity index is 3.12. The van der Waals surface area contributed by atoms with Gasteiger partial charge in [-0.1, -0.05) is 0 Å². The Labute approximate surface area is 72.0 Å². The molecule has 2 N–H and O–H groups in total. The number of hydrogen-bond donors (Lipinski definition) is 1. The first-order valence-electron chi connectivity index (χ1n) is 3.62. The van der Waals surface area contributed by atoms with Crippen LogP contribution in [0, 0.1) is 0 Å². The van der Waals surface area contributed by atoms with Crippen molar-refractivity contribution in [2.24, 2.45) is 0 Å². The van der Waals surface area contributed by atoms with Crippen LogP contribution in [0.5, 0.6) is 5.88 Å². The van der Waals surface area contributed by atoms with Crippen LogP contribution in [0.1, 0.15) is 0 Å². The second-order valence-electron chi connectivity index (χ2n) is 2.69. The molecule has 0 saturated heterocycles. The molecule has 4 heteroatoms. The lowest BCUT2D eigenvalue weighted by Crippen LogP contribution is -2.11. The van der Waals surface area contributed by atoms with E-state index in [1.807, 2.05) is 25.1 Å². The van der Waals surface area contributed by atoms with Gasteiger partial charge in [0.15, 0.2) is 0 Å². The Bertz CT molecular complexity index is 273. The average molecular weight is 167 g/mol. The van der Waals surface area contributed by atoms with Crippen molar-refractivity contribution in [1.82, 2.24) is 4.98 Å². The van der Waals surface area contributed by atoms with Crippen molar-refractivity contribution in [3.05, 3.63) is 12.3 Å². The number of nitrogens with two attached hydrogens (primary N) is 1. The molecule has 1 rings (SSSR count). The summed E-state index contributed by atoms with van der Waals surface area (Å²) in [5.41, 5.74) is 7.10. The zero-order valence-electron chi connectivity index (χ0n) is 7.53. The van der Waals surface area contributed by atoms with E-state index in [0.29, 0.717) is 11.6 Å². The largest absolute Gasteiger partial charge is 0.480 e. The average Bonchev–Trinajstić information content (AvgIpc) is 2.04. The Morgan fingerprint density at radius 3 is 2.67 bits per heavy atom. The van der Waals surface area contributed by atoms with Crippen molar-refractivity contribution in [2.75, 3.05) is 31.8 Å². The highest BCUT2D eigenvalue weighted by atomic mass is 16.5. The molecule has 0 amide bonds. The van der Waals surface area contributed by atoms with Gasteiger partial charge < -0.3 is 15.4 Å². The second kappa shape index (κ2) is 3.30. The van der Waals surface area contributed by atoms with E-state index in [0.717, 1.165) is 5.69 Å². The smallest absolute Gasteiger partial charge is 0.237 e. The molecule has 4 nitrogen and oxygen atoms in total. The molecule has 0 atom stereocenters. The molecule has 0 aliphatic carbocycles. The van der Waals surface area contributed by atoms with Gasteiger partial charge in [-0.05, 0) is 6.07 Å². The van der Waals surface area contributed by atoms with Gasteiger partial charge in [0.05, 0.1) is 19.0 Å². The molecule has 1 aromatic rings. The van der Waals surface area contributed by atoms with Gasteiger partial charge in [0.2, 0.25) is 5.88 Å². The van der Waals surface area contributed by atoms with Gasteiger partial charge >= 0.3 is 0 Å². The molecule has 0 spiro atoms. The van der Waals surface area contributed by atoms with Crippen LogP contribution >= 0.6 is 0 Å². The molecule has 1 aromatic heterocycles. The third kappa shape index (κ3) is 1.58. The van der Waals surface area contributed by atoms with Crippen LogP contribution in [-0.2, 0) is 0 Å². The summed E-state index contributed by atoms with van der Waals surface area (Å²) in [6.07, 6.45) is 1.58. The van der Waals surface area contributed by atoms with E-state index in [9.17, 15) is 0 Å². The maximum absolute atomic E-state index is 5.58. The van der Waals surface area contributed by atoms with Crippen molar-refractivity contribution < 1.29 is 4.74 Å². The summed E-state index contributed by atoms with van der Waals surface area (Å²) in [6, 6.07) is 1.83. The zero-order valence-corrected chi connectivity index (χ0v) is 7.53. The monoisotopic (exact) mass is 167 g/mol. The fourth-order valence-corrected chi connectivity index (χ4v) is 0.934. The van der Waals surface area contributed by atoms with Gasteiger partial charge in [0, 0.05) is 14.1 Å². The molecule has 1 heterocycles. The van der Waals surface area contributed by atoms with Crippen molar-refractivity contribution in [1.29, 1.82) is 0 Å². The number of nitrogen functional groups attached to an aromatic ring is 1. The minimum atomic E-state index is 0.592. The van der Waals surface area contributed by atoms with Gasteiger partial charge in [0.1, 0.15) is 5.69 Å². The molecular formula is C8H13N3O. The molecule has 0 bridgehead atoms. The van der Waals surface area contributed by atoms with Crippen molar-refractivity contribution in [3.63, 3.8) is 0 Å². The SMILES string of the molecule is COc1ncc(N)cc1N(C)C. The van der Waals surface area contributed by atoms with Crippen molar-refractivity contribution in [3.8, 4) is 5.88 Å². The first-order valence-corrected chi connectivity index (χ1v) is 3.62. The standard InChI is InChI=1S/C8H13N3O/c1-11(2)7-4-6(9)5-10-8(7)12-3/h4-5H,9H2,1-3H3. The van der Waals surface area contributed by atoms with E-state index in [4.69, 9.17) is 10.5 Å². The van der Waals surface area contributed by atoms with Crippen LogP contribution in [0.25, 0.3) is 0 Å². The van der Waals surface area contributed by atoms with E-state index < -0.39 is 0 Å². The van der Waals surface area contributed by atoms with E-state index in [1.165, 1.54) is 0 Å². The normalized spacial score (nSPS) is 9.58. The summed E-state index contributed by atoms with van der Waals surface area (Å²) in [7, 11) is 5.42. The quantitative estimate of drug-likeness (QED) is 0.705. The first-order chi connectivity index (χ1) is 5.65. The Morgan fingerprint density at radius 2 is 2.17 bits per heavy atom. The van der Waals surface area contributed by atoms with Crippen molar-refractivity contribution in [2.45, 2.75) is 0 Å². The highest BCUT2D eigenvalue weighted by molar-refractivity contribution is 5.60. The van der Waals surface area contributed by atoms with Gasteiger partial charge in [-0.15, -0.1) is 0 Å². The maximum Gasteiger partial charge on any atom is 0.237 e. The molecule has 12 heavy (non-hydrogen) atoms. The van der Waals surface area contributed by atoms with Gasteiger partial charge in [-0.3, -0.25) is 0 Å². The number of ether oxygens (including phenoxy) is 1. The van der Waals surface area contributed by atoms with Crippen molar-refractivity contribution >= 4 is 11.4 Å². The highest BCUT2D eigenvalue weighted by Gasteiger charge is 2.05. The molecule has 0 aromatic carbocycles. The number of aromatic nitrogens is 1. The first kappa shape index (κ1) is 8.64. The van der Waals surface area contributed by atoms with E-state index in [2.05, 4.69) is 4.98 Å². The lowest BCUT2D eigenvalue weighted by molar-refractivity contribution is 0.399. The summed E-state index contributed by atoms with van der Waals surface area (Å²) in [6.45, 7) is 0. The summed E-state index contributed by atoms with van der Waals surface area (Å²) >= 11 is 0. The molecule has 0 radical (unpaired) electrons. The molecule has 0 saturated carbocycles. The molecular weight excluding hydrogens is 154 g/mol. The molecule has 0 fully saturated rings. The van der Waals surface area contributed by atoms with Crippen LogP contribution in [-0.4, -0.2) is 26.2 Å². The zero-order chi connectivity index (χ0) is 9.14. The number of rotatable bonds is 2. The fraction of sp³-hybridized carbons (Fsp3) is 0.375. The summed E-state index contributed by atoms with van der Waals surface area (Å²) in [5, 5.41) is 0. The number of anilines is 2. The summed E-state index contributed by atoms with van der Waals surface area (Å²) in [4.78, 5) is 5.93. The summed E-state index contributed by atoms with van der Waals surface area (Å²) in [5.74, 6) is 0.592. The van der Waals surface area contributed by atoms with Crippen LogP contribution in [0.4, 0.5) is 11.4 Å². The summed E-state index contributed by atoms with van der Waals surface area (Å²) < 4.78 is 5.05. The predicted octanol–water partition coefficient (Wildman–Crippen LogP) is 0.738. The lowest BCUT2D eigenvalue weighted by atomic mass is 10.3. The molecule has 0 aliphatic heterocycles. The lowest BCUT2D eigenvalue weighted by Gasteiger charge is -2.15. The molecule has 0 unspecified atom stereocenters. The number of hydrogen-bond acceptors (Lipinski definition) is 4. The van der Waals surface area contributed by atoms with Crippen LogP contribution in [0.2, 0.25) is 0 Å². The predicted molar refractivity (Wildman–Crippen MR) is 49.5 cm³/mol. The van der Waals surface area contributed by atoms with E-state index in [-0.39, 0.29) is 0 Å². The Kier molecular flexibility index (Phi) is 2.38. The number of pyridine rings is 1. The van der Waals surface area contributed by atoms with E-state index >= 15 is 0 Å². The van der Waals surface area contributed by atoms with Gasteiger partial charge in [-0.2, -0.15) is 0 Å². The van der Waals surface area contributed by atoms with Gasteiger partial charge in [-0.25, -0.2) is 4.98 Å². The fourth-order valence-electron chi connectivity index (χ4n) is 0.934. The molecule has 66 valence electrons.